The van der Waals surface area contributed by atoms with Crippen molar-refractivity contribution in [2.45, 2.75) is 46.1 Å². The number of hydrogen-bond donors (Lipinski definition) is 0. The van der Waals surface area contributed by atoms with Gasteiger partial charge in [-0.25, -0.2) is 0 Å². The number of halogens is 1. The number of ether oxygens (including phenoxy) is 2. The zero-order valence-electron chi connectivity index (χ0n) is 19.7. The lowest BCUT2D eigenvalue weighted by Gasteiger charge is -2.19. The minimum absolute atomic E-state index is 0.0979. The van der Waals surface area contributed by atoms with Gasteiger partial charge in [0.05, 0.1) is 17.9 Å². The number of carbonyl (C=O) groups is 2. The molecule has 34 heavy (non-hydrogen) atoms. The molecular formula is C26H28BrNO4S2. The number of nitrogens with zero attached hydrogens (tertiary/aromatic N) is 1. The van der Waals surface area contributed by atoms with Gasteiger partial charge in [0, 0.05) is 16.6 Å². The van der Waals surface area contributed by atoms with Gasteiger partial charge in [0.25, 0.3) is 5.91 Å². The first kappa shape index (κ1) is 26.4. The highest BCUT2D eigenvalue weighted by atomic mass is 79.9. The Kier molecular flexibility index (Phi) is 8.95. The van der Waals surface area contributed by atoms with Crippen LogP contribution in [0.2, 0.25) is 0 Å². The maximum atomic E-state index is 12.9. The molecular weight excluding hydrogens is 534 g/mol. The fourth-order valence-electron chi connectivity index (χ4n) is 3.30. The minimum atomic E-state index is -0.348. The molecule has 0 aromatic heterocycles. The molecule has 1 aliphatic rings. The van der Waals surface area contributed by atoms with Gasteiger partial charge in [-0.3, -0.25) is 14.5 Å². The van der Waals surface area contributed by atoms with E-state index in [0.717, 1.165) is 15.6 Å². The standard InChI is InChI=1S/C26H28BrNO4S2/c1-5-31-23(29)12-13-28-24(30)22(34-25(28)33)15-18-14-20(27)10-11-21(18)32-16-17-6-8-19(9-7-17)26(2,3)4/h6-11,14-15H,5,12-13,16H2,1-4H3/b22-15+. The molecule has 2 aromatic carbocycles. The number of carbonyl (C=O) groups excluding carboxylic acids is 2. The Hall–Kier alpha value is -2.16. The molecule has 1 fully saturated rings. The van der Waals surface area contributed by atoms with Crippen LogP contribution in [-0.4, -0.2) is 34.2 Å². The molecule has 180 valence electrons. The molecule has 0 radical (unpaired) electrons. The summed E-state index contributed by atoms with van der Waals surface area (Å²) in [6, 6.07) is 14.1. The average molecular weight is 563 g/mol. The van der Waals surface area contributed by atoms with E-state index in [-0.39, 0.29) is 30.3 Å². The van der Waals surface area contributed by atoms with E-state index in [4.69, 9.17) is 21.7 Å². The van der Waals surface area contributed by atoms with Crippen molar-refractivity contribution >= 4 is 62.2 Å². The van der Waals surface area contributed by atoms with Crippen LogP contribution in [0.4, 0.5) is 0 Å². The normalized spacial score (nSPS) is 15.2. The van der Waals surface area contributed by atoms with E-state index in [1.807, 2.05) is 18.2 Å². The second kappa shape index (κ2) is 11.5. The third kappa shape index (κ3) is 6.93. The Bertz CT molecular complexity index is 1110. The van der Waals surface area contributed by atoms with Crippen LogP contribution in [-0.2, 0) is 26.3 Å². The van der Waals surface area contributed by atoms with Crippen molar-refractivity contribution in [3.63, 3.8) is 0 Å². The molecule has 0 aliphatic carbocycles. The molecule has 8 heteroatoms. The van der Waals surface area contributed by atoms with Crippen LogP contribution >= 0.6 is 39.9 Å². The Morgan fingerprint density at radius 2 is 1.88 bits per heavy atom. The van der Waals surface area contributed by atoms with Gasteiger partial charge in [0.15, 0.2) is 0 Å². The van der Waals surface area contributed by atoms with E-state index in [1.165, 1.54) is 22.2 Å². The molecule has 0 saturated carbocycles. The second-order valence-corrected chi connectivity index (χ2v) is 11.4. The second-order valence-electron chi connectivity index (χ2n) is 8.81. The van der Waals surface area contributed by atoms with Crippen molar-refractivity contribution in [3.8, 4) is 5.75 Å². The quantitative estimate of drug-likeness (QED) is 0.209. The van der Waals surface area contributed by atoms with Crippen LogP contribution < -0.4 is 4.74 Å². The number of hydrogen-bond acceptors (Lipinski definition) is 6. The Labute approximate surface area is 219 Å². The Balaban J connectivity index is 1.74. The van der Waals surface area contributed by atoms with Crippen molar-refractivity contribution < 1.29 is 19.1 Å². The molecule has 1 aliphatic heterocycles. The lowest BCUT2D eigenvalue weighted by atomic mass is 9.87. The first-order valence-electron chi connectivity index (χ1n) is 11.0. The highest BCUT2D eigenvalue weighted by Crippen LogP contribution is 2.35. The highest BCUT2D eigenvalue weighted by molar-refractivity contribution is 9.10. The zero-order chi connectivity index (χ0) is 24.9. The van der Waals surface area contributed by atoms with Crippen LogP contribution in [0, 0.1) is 0 Å². The van der Waals surface area contributed by atoms with Gasteiger partial charge < -0.3 is 9.47 Å². The maximum absolute atomic E-state index is 12.9. The van der Waals surface area contributed by atoms with Crippen molar-refractivity contribution in [2.24, 2.45) is 0 Å². The van der Waals surface area contributed by atoms with Crippen LogP contribution in [0.1, 0.15) is 50.8 Å². The van der Waals surface area contributed by atoms with E-state index in [9.17, 15) is 9.59 Å². The highest BCUT2D eigenvalue weighted by Gasteiger charge is 2.32. The summed E-state index contributed by atoms with van der Waals surface area (Å²) in [5, 5.41) is 0. The predicted octanol–water partition coefficient (Wildman–Crippen LogP) is 6.48. The number of thiocarbonyl (C=S) groups is 1. The number of rotatable bonds is 8. The molecule has 0 N–H and O–H groups in total. The van der Waals surface area contributed by atoms with E-state index in [2.05, 4.69) is 61.0 Å². The first-order chi connectivity index (χ1) is 16.1. The topological polar surface area (TPSA) is 55.8 Å². The number of benzene rings is 2. The van der Waals surface area contributed by atoms with E-state index in [0.29, 0.717) is 28.2 Å². The van der Waals surface area contributed by atoms with Crippen LogP contribution in [0.15, 0.2) is 51.8 Å². The monoisotopic (exact) mass is 561 g/mol. The Morgan fingerprint density at radius 3 is 2.53 bits per heavy atom. The van der Waals surface area contributed by atoms with Gasteiger partial charge in [-0.05, 0) is 47.7 Å². The number of esters is 1. The summed E-state index contributed by atoms with van der Waals surface area (Å²) < 4.78 is 12.4. The molecule has 5 nitrogen and oxygen atoms in total. The first-order valence-corrected chi connectivity index (χ1v) is 13.0. The summed E-state index contributed by atoms with van der Waals surface area (Å²) in [6.45, 7) is 9.23. The largest absolute Gasteiger partial charge is 0.488 e. The summed E-state index contributed by atoms with van der Waals surface area (Å²) in [6.07, 6.45) is 1.89. The maximum Gasteiger partial charge on any atom is 0.307 e. The van der Waals surface area contributed by atoms with Gasteiger partial charge >= 0.3 is 5.97 Å². The van der Waals surface area contributed by atoms with Gasteiger partial charge in [0.2, 0.25) is 0 Å². The SMILES string of the molecule is CCOC(=O)CCN1C(=O)/C(=C\c2cc(Br)ccc2OCc2ccc(C(C)(C)C)cc2)SC1=S. The van der Waals surface area contributed by atoms with E-state index < -0.39 is 0 Å². The molecule has 0 unspecified atom stereocenters. The Morgan fingerprint density at radius 1 is 1.18 bits per heavy atom. The third-order valence-corrected chi connectivity index (χ3v) is 7.06. The predicted molar refractivity (Wildman–Crippen MR) is 145 cm³/mol. The number of thioether (sulfide) groups is 1. The summed E-state index contributed by atoms with van der Waals surface area (Å²) in [5.41, 5.74) is 3.20. The van der Waals surface area contributed by atoms with Crippen molar-refractivity contribution in [3.05, 3.63) is 68.5 Å². The summed E-state index contributed by atoms with van der Waals surface area (Å²) >= 11 is 10.1. The molecule has 0 atom stereocenters. The van der Waals surface area contributed by atoms with Crippen LogP contribution in [0.3, 0.4) is 0 Å². The summed E-state index contributed by atoms with van der Waals surface area (Å²) in [4.78, 5) is 26.5. The molecule has 1 amide bonds. The van der Waals surface area contributed by atoms with Crippen LogP contribution in [0.5, 0.6) is 5.75 Å². The minimum Gasteiger partial charge on any atom is -0.488 e. The van der Waals surface area contributed by atoms with Gasteiger partial charge in [0.1, 0.15) is 16.7 Å². The summed E-state index contributed by atoms with van der Waals surface area (Å²) in [5.74, 6) is 0.0987. The molecule has 0 bridgehead atoms. The smallest absolute Gasteiger partial charge is 0.307 e. The zero-order valence-corrected chi connectivity index (χ0v) is 22.9. The van der Waals surface area contributed by atoms with Gasteiger partial charge in [-0.15, -0.1) is 0 Å². The molecule has 1 saturated heterocycles. The average Bonchev–Trinajstić information content (AvgIpc) is 3.04. The van der Waals surface area contributed by atoms with Gasteiger partial charge in [-0.2, -0.15) is 0 Å². The van der Waals surface area contributed by atoms with E-state index in [1.54, 1.807) is 13.0 Å². The lowest BCUT2D eigenvalue weighted by Crippen LogP contribution is -2.30. The molecule has 0 spiro atoms. The van der Waals surface area contributed by atoms with E-state index >= 15 is 0 Å². The molecule has 2 aromatic rings. The fraction of sp³-hybridized carbons (Fsp3) is 0.346. The summed E-state index contributed by atoms with van der Waals surface area (Å²) in [7, 11) is 0. The van der Waals surface area contributed by atoms with Crippen molar-refractivity contribution in [1.29, 1.82) is 0 Å². The van der Waals surface area contributed by atoms with Gasteiger partial charge in [-0.1, -0.05) is 84.9 Å². The molecule has 3 rings (SSSR count). The number of amides is 1. The molecule has 1 heterocycles. The van der Waals surface area contributed by atoms with Crippen LogP contribution in [0.25, 0.3) is 6.08 Å². The van der Waals surface area contributed by atoms with Crippen molar-refractivity contribution in [2.75, 3.05) is 13.2 Å². The fourth-order valence-corrected chi connectivity index (χ4v) is 4.97. The lowest BCUT2D eigenvalue weighted by molar-refractivity contribution is -0.143. The van der Waals surface area contributed by atoms with Crippen molar-refractivity contribution in [1.82, 2.24) is 4.90 Å². The third-order valence-electron chi connectivity index (χ3n) is 5.19.